The van der Waals surface area contributed by atoms with E-state index in [1.54, 1.807) is 0 Å². The molecule has 0 saturated carbocycles. The van der Waals surface area contributed by atoms with Crippen molar-refractivity contribution >= 4 is 16.9 Å². The van der Waals surface area contributed by atoms with Gasteiger partial charge in [0.25, 0.3) is 0 Å². The summed E-state index contributed by atoms with van der Waals surface area (Å²) in [6.07, 6.45) is 6.51. The van der Waals surface area contributed by atoms with Crippen molar-refractivity contribution < 1.29 is 9.13 Å². The van der Waals surface area contributed by atoms with Crippen molar-refractivity contribution in [1.82, 2.24) is 19.4 Å². The molecule has 3 aromatic rings. The number of nitrogens with zero attached hydrogens (tertiary/aromatic N) is 4. The van der Waals surface area contributed by atoms with Crippen LogP contribution in [0, 0.1) is 11.8 Å². The normalized spacial score (nSPS) is 16.1. The van der Waals surface area contributed by atoms with Crippen molar-refractivity contribution in [2.75, 3.05) is 25.4 Å². The summed E-state index contributed by atoms with van der Waals surface area (Å²) in [5, 5.41) is 0. The molecule has 1 saturated heterocycles. The molecule has 6 nitrogen and oxygen atoms in total. The predicted molar refractivity (Wildman–Crippen MR) is 134 cm³/mol. The van der Waals surface area contributed by atoms with Gasteiger partial charge in [0.1, 0.15) is 29.8 Å². The van der Waals surface area contributed by atoms with Gasteiger partial charge in [0.15, 0.2) is 5.82 Å². The fourth-order valence-corrected chi connectivity index (χ4v) is 4.29. The quantitative estimate of drug-likeness (QED) is 0.348. The van der Waals surface area contributed by atoms with E-state index >= 15 is 0 Å². The molecule has 1 aliphatic rings. The van der Waals surface area contributed by atoms with E-state index in [0.717, 1.165) is 73.2 Å². The second-order valence-electron chi connectivity index (χ2n) is 8.89. The molecular formula is C27H34FN5O. The van der Waals surface area contributed by atoms with Crippen LogP contribution >= 0.6 is 0 Å². The second-order valence-corrected chi connectivity index (χ2v) is 8.89. The van der Waals surface area contributed by atoms with Crippen molar-refractivity contribution in [1.29, 1.82) is 0 Å². The smallest absolute Gasteiger partial charge is 0.151 e. The maximum absolute atomic E-state index is 13.3. The standard InChI is InChI=1S/C27H34FN5O/c1-2-3-13-24-30-25-22(12-8-5-9-15-32-16-14-23(28)18-32)17-33(26(25)27(29)31-24)20-34-19-21-10-6-4-7-11-21/h4,6-7,10-11,17,23H,2-3,5,9,13-16,18-20H2,1H3,(H2,29,30,31)/t23-/m0/s1. The molecule has 1 atom stereocenters. The topological polar surface area (TPSA) is 69.2 Å². The maximum atomic E-state index is 13.3. The van der Waals surface area contributed by atoms with Crippen molar-refractivity contribution in [3.05, 3.63) is 53.5 Å². The average molecular weight is 464 g/mol. The summed E-state index contributed by atoms with van der Waals surface area (Å²) in [4.78, 5) is 11.5. The number of benzene rings is 1. The van der Waals surface area contributed by atoms with Gasteiger partial charge in [-0.15, -0.1) is 0 Å². The lowest BCUT2D eigenvalue weighted by molar-refractivity contribution is 0.0668. The van der Waals surface area contributed by atoms with Gasteiger partial charge in [0.2, 0.25) is 0 Å². The van der Waals surface area contributed by atoms with Crippen LogP contribution in [0.15, 0.2) is 36.5 Å². The summed E-state index contributed by atoms with van der Waals surface area (Å²) >= 11 is 0. The molecule has 34 heavy (non-hydrogen) atoms. The molecule has 0 spiro atoms. The highest BCUT2D eigenvalue weighted by atomic mass is 19.1. The van der Waals surface area contributed by atoms with Gasteiger partial charge in [-0.1, -0.05) is 55.5 Å². The lowest BCUT2D eigenvalue weighted by Gasteiger charge is -2.12. The fourth-order valence-electron chi connectivity index (χ4n) is 4.29. The van der Waals surface area contributed by atoms with Crippen molar-refractivity contribution in [2.45, 2.75) is 65.0 Å². The van der Waals surface area contributed by atoms with Crippen molar-refractivity contribution in [3.8, 4) is 11.8 Å². The molecule has 0 aliphatic carbocycles. The number of likely N-dealkylation sites (tertiary alicyclic amines) is 1. The molecule has 0 bridgehead atoms. The minimum absolute atomic E-state index is 0.342. The summed E-state index contributed by atoms with van der Waals surface area (Å²) in [5.74, 6) is 7.79. The molecule has 2 N–H and O–H groups in total. The Bertz CT molecular complexity index is 1130. The van der Waals surface area contributed by atoms with Crippen LogP contribution in [0.4, 0.5) is 10.2 Å². The van der Waals surface area contributed by atoms with E-state index in [4.69, 9.17) is 15.5 Å². The Kier molecular flexibility index (Phi) is 8.51. The Hall–Kier alpha value is -2.95. The van der Waals surface area contributed by atoms with Crippen LogP contribution in [-0.4, -0.2) is 45.2 Å². The number of hydrogen-bond acceptors (Lipinski definition) is 5. The zero-order chi connectivity index (χ0) is 23.8. The van der Waals surface area contributed by atoms with Crippen molar-refractivity contribution in [3.63, 3.8) is 0 Å². The Balaban J connectivity index is 1.48. The number of halogens is 1. The zero-order valence-electron chi connectivity index (χ0n) is 20.0. The summed E-state index contributed by atoms with van der Waals surface area (Å²) in [6.45, 7) is 5.29. The van der Waals surface area contributed by atoms with Crippen molar-refractivity contribution in [2.24, 2.45) is 0 Å². The number of aromatic nitrogens is 3. The SMILES string of the molecule is CCCCc1nc(N)c2c(n1)c(C#CCCCN1CC[C@H](F)C1)cn2COCc1ccccc1. The van der Waals surface area contributed by atoms with Crippen LogP contribution in [-0.2, 0) is 24.5 Å². The molecule has 1 aliphatic heterocycles. The lowest BCUT2D eigenvalue weighted by Crippen LogP contribution is -2.22. The Morgan fingerprint density at radius 3 is 2.82 bits per heavy atom. The monoisotopic (exact) mass is 463 g/mol. The van der Waals surface area contributed by atoms with Gasteiger partial charge in [0.05, 0.1) is 12.2 Å². The van der Waals surface area contributed by atoms with Crippen LogP contribution in [0.5, 0.6) is 0 Å². The number of alkyl halides is 1. The van der Waals surface area contributed by atoms with Gasteiger partial charge in [-0.25, -0.2) is 14.4 Å². The maximum Gasteiger partial charge on any atom is 0.151 e. The van der Waals surface area contributed by atoms with Gasteiger partial charge in [-0.05, 0) is 31.4 Å². The number of aryl methyl sites for hydroxylation is 1. The van der Waals surface area contributed by atoms with E-state index < -0.39 is 6.17 Å². The molecule has 2 aromatic heterocycles. The van der Waals surface area contributed by atoms with Gasteiger partial charge in [-0.3, -0.25) is 0 Å². The summed E-state index contributed by atoms with van der Waals surface area (Å²) in [6, 6.07) is 10.1. The van der Waals surface area contributed by atoms with Gasteiger partial charge in [-0.2, -0.15) is 0 Å². The molecule has 180 valence electrons. The zero-order valence-corrected chi connectivity index (χ0v) is 20.0. The predicted octanol–water partition coefficient (Wildman–Crippen LogP) is 4.71. The highest BCUT2D eigenvalue weighted by Gasteiger charge is 2.20. The largest absolute Gasteiger partial charge is 0.382 e. The molecule has 0 unspecified atom stereocenters. The number of fused-ring (bicyclic) bond motifs is 1. The summed E-state index contributed by atoms with van der Waals surface area (Å²) < 4.78 is 21.2. The second kappa shape index (κ2) is 12.0. The van der Waals surface area contributed by atoms with E-state index in [-0.39, 0.29) is 0 Å². The molecule has 0 radical (unpaired) electrons. The summed E-state index contributed by atoms with van der Waals surface area (Å²) in [7, 11) is 0. The first-order valence-electron chi connectivity index (χ1n) is 12.3. The minimum atomic E-state index is -0.673. The molecule has 7 heteroatoms. The molecular weight excluding hydrogens is 429 g/mol. The van der Waals surface area contributed by atoms with Crippen LogP contribution in [0.2, 0.25) is 0 Å². The average Bonchev–Trinajstić information content (AvgIpc) is 3.41. The lowest BCUT2D eigenvalue weighted by atomic mass is 10.2. The Morgan fingerprint density at radius 1 is 1.21 bits per heavy atom. The first-order chi connectivity index (χ1) is 16.6. The van der Waals surface area contributed by atoms with E-state index in [9.17, 15) is 4.39 Å². The van der Waals surface area contributed by atoms with Crippen LogP contribution in [0.1, 0.15) is 56.0 Å². The minimum Gasteiger partial charge on any atom is -0.382 e. The third kappa shape index (κ3) is 6.34. The fraction of sp³-hybridized carbons (Fsp3) is 0.481. The third-order valence-electron chi connectivity index (χ3n) is 6.09. The van der Waals surface area contributed by atoms with E-state index in [1.165, 1.54) is 0 Å². The first kappa shape index (κ1) is 24.2. The third-order valence-corrected chi connectivity index (χ3v) is 6.09. The van der Waals surface area contributed by atoms with Crippen LogP contribution in [0.3, 0.4) is 0 Å². The highest BCUT2D eigenvalue weighted by molar-refractivity contribution is 5.90. The highest BCUT2D eigenvalue weighted by Crippen LogP contribution is 2.24. The Morgan fingerprint density at radius 2 is 2.06 bits per heavy atom. The first-order valence-corrected chi connectivity index (χ1v) is 12.3. The number of rotatable bonds is 10. The number of ether oxygens (including phenoxy) is 1. The number of nitrogen functional groups attached to an aromatic ring is 1. The van der Waals surface area contributed by atoms with Gasteiger partial charge < -0.3 is 19.9 Å². The number of hydrogen-bond donors (Lipinski definition) is 1. The molecule has 1 aromatic carbocycles. The Labute approximate surface area is 201 Å². The number of anilines is 1. The van der Waals surface area contributed by atoms with Crippen LogP contribution in [0.25, 0.3) is 11.0 Å². The summed E-state index contributed by atoms with van der Waals surface area (Å²) in [5.41, 5.74) is 9.88. The number of unbranched alkanes of at least 4 members (excludes halogenated alkanes) is 2. The molecule has 4 rings (SSSR count). The molecule has 0 amide bonds. The molecule has 3 heterocycles. The van der Waals surface area contributed by atoms with E-state index in [2.05, 4.69) is 28.6 Å². The van der Waals surface area contributed by atoms with Gasteiger partial charge in [0, 0.05) is 32.1 Å². The van der Waals surface area contributed by atoms with Gasteiger partial charge >= 0.3 is 0 Å². The number of nitrogens with two attached hydrogens (primary N) is 1. The van der Waals surface area contributed by atoms with E-state index in [1.807, 2.05) is 41.1 Å². The van der Waals surface area contributed by atoms with Crippen LogP contribution < -0.4 is 5.73 Å². The van der Waals surface area contributed by atoms with E-state index in [0.29, 0.717) is 32.1 Å². The molecule has 1 fully saturated rings.